The van der Waals surface area contributed by atoms with Crippen molar-refractivity contribution in [1.29, 1.82) is 0 Å². The first-order chi connectivity index (χ1) is 16.5. The van der Waals surface area contributed by atoms with E-state index in [4.69, 9.17) is 9.47 Å². The number of hydrogen-bond donors (Lipinski definition) is 0. The lowest BCUT2D eigenvalue weighted by atomic mass is 9.66. The first-order valence-electron chi connectivity index (χ1n) is 11.3. The Bertz CT molecular complexity index is 1350. The Morgan fingerprint density at radius 2 is 0.912 bits per heavy atom. The average Bonchev–Trinajstić information content (AvgIpc) is 3.32. The lowest BCUT2D eigenvalue weighted by Crippen LogP contribution is -2.51. The highest BCUT2D eigenvalue weighted by Crippen LogP contribution is 2.60. The number of hydrogen-bond acceptors (Lipinski definition) is 4. The van der Waals surface area contributed by atoms with E-state index in [0.717, 1.165) is 22.3 Å². The Balaban J connectivity index is 1.80. The SMILES string of the molecule is Cc1ccc2c(c1)C(=O)OC2(c1ccccc1)C1(c2ccccc2)OC(=O)c2cc(C)ccc21. The number of fused-ring (bicyclic) bond motifs is 2. The summed E-state index contributed by atoms with van der Waals surface area (Å²) >= 11 is 0. The van der Waals surface area contributed by atoms with Crippen LogP contribution < -0.4 is 0 Å². The van der Waals surface area contributed by atoms with Gasteiger partial charge >= 0.3 is 11.9 Å². The molecule has 166 valence electrons. The van der Waals surface area contributed by atoms with Crippen molar-refractivity contribution in [1.82, 2.24) is 0 Å². The highest BCUT2D eigenvalue weighted by Gasteiger charge is 2.68. The third-order valence-corrected chi connectivity index (χ3v) is 6.90. The van der Waals surface area contributed by atoms with Crippen LogP contribution in [0, 0.1) is 13.8 Å². The molecule has 6 rings (SSSR count). The minimum atomic E-state index is -1.41. The van der Waals surface area contributed by atoms with Gasteiger partial charge in [-0.05, 0) is 26.0 Å². The topological polar surface area (TPSA) is 52.6 Å². The van der Waals surface area contributed by atoms with E-state index in [1.807, 2.05) is 111 Å². The molecule has 0 spiro atoms. The molecule has 4 nitrogen and oxygen atoms in total. The Labute approximate surface area is 197 Å². The number of benzene rings is 4. The summed E-state index contributed by atoms with van der Waals surface area (Å²) in [7, 11) is 0. The zero-order valence-corrected chi connectivity index (χ0v) is 18.9. The van der Waals surface area contributed by atoms with Crippen LogP contribution in [0.4, 0.5) is 0 Å². The normalized spacial score (nSPS) is 22.6. The van der Waals surface area contributed by atoms with E-state index in [-0.39, 0.29) is 0 Å². The number of esters is 2. The van der Waals surface area contributed by atoms with Gasteiger partial charge in [0.2, 0.25) is 11.2 Å². The molecule has 0 radical (unpaired) electrons. The van der Waals surface area contributed by atoms with E-state index in [9.17, 15) is 9.59 Å². The van der Waals surface area contributed by atoms with Crippen LogP contribution in [0.1, 0.15) is 54.1 Å². The molecule has 0 aliphatic carbocycles. The Kier molecular flexibility index (Phi) is 4.30. The number of carbonyl (C=O) groups excluding carboxylic acids is 2. The fraction of sp³-hybridized carbons (Fsp3) is 0.133. The molecule has 0 aromatic heterocycles. The maximum Gasteiger partial charge on any atom is 0.340 e. The second-order valence-electron chi connectivity index (χ2n) is 8.97. The number of ether oxygens (including phenoxy) is 2. The molecule has 2 atom stereocenters. The van der Waals surface area contributed by atoms with Gasteiger partial charge in [-0.1, -0.05) is 96.1 Å². The Morgan fingerprint density at radius 3 is 1.29 bits per heavy atom. The second kappa shape index (κ2) is 7.16. The van der Waals surface area contributed by atoms with Crippen LogP contribution in [-0.4, -0.2) is 11.9 Å². The van der Waals surface area contributed by atoms with Gasteiger partial charge in [0, 0.05) is 22.3 Å². The van der Waals surface area contributed by atoms with Crippen molar-refractivity contribution in [3.8, 4) is 0 Å². The molecule has 2 heterocycles. The van der Waals surface area contributed by atoms with Gasteiger partial charge < -0.3 is 9.47 Å². The van der Waals surface area contributed by atoms with Crippen molar-refractivity contribution in [3.05, 3.63) is 142 Å². The maximum atomic E-state index is 13.4. The number of carbonyl (C=O) groups is 2. The predicted molar refractivity (Wildman–Crippen MR) is 128 cm³/mol. The Hall–Kier alpha value is -4.18. The zero-order valence-electron chi connectivity index (χ0n) is 18.9. The lowest BCUT2D eigenvalue weighted by molar-refractivity contribution is -0.112. The van der Waals surface area contributed by atoms with Gasteiger partial charge in [-0.2, -0.15) is 0 Å². The quantitative estimate of drug-likeness (QED) is 0.372. The summed E-state index contributed by atoms with van der Waals surface area (Å²) in [5, 5.41) is 0. The van der Waals surface area contributed by atoms with Crippen molar-refractivity contribution in [2.45, 2.75) is 25.0 Å². The van der Waals surface area contributed by atoms with Crippen LogP contribution in [0.25, 0.3) is 0 Å². The van der Waals surface area contributed by atoms with Crippen LogP contribution >= 0.6 is 0 Å². The number of rotatable bonds is 3. The summed E-state index contributed by atoms with van der Waals surface area (Å²) in [6, 6.07) is 30.6. The first-order valence-corrected chi connectivity index (χ1v) is 11.3. The van der Waals surface area contributed by atoms with E-state index >= 15 is 0 Å². The standard InChI is InChI=1S/C30H22O4/c1-19-13-15-25-23(17-19)27(31)33-29(25,21-9-5-3-6-10-21)30(22-11-7-4-8-12-22)26-16-14-20(2)18-24(26)28(32)34-30/h3-18H,1-2H3. The van der Waals surface area contributed by atoms with Gasteiger partial charge in [-0.25, -0.2) is 9.59 Å². The number of cyclic esters (lactones) is 2. The highest BCUT2D eigenvalue weighted by molar-refractivity contribution is 5.99. The van der Waals surface area contributed by atoms with Crippen molar-refractivity contribution >= 4 is 11.9 Å². The van der Waals surface area contributed by atoms with Crippen LogP contribution in [-0.2, 0) is 20.7 Å². The van der Waals surface area contributed by atoms with Crippen molar-refractivity contribution in [2.75, 3.05) is 0 Å². The molecule has 4 aromatic rings. The predicted octanol–water partition coefficient (Wildman–Crippen LogP) is 5.83. The molecule has 2 aliphatic rings. The van der Waals surface area contributed by atoms with E-state index in [1.54, 1.807) is 0 Å². The molecule has 4 aromatic carbocycles. The molecule has 0 bridgehead atoms. The summed E-state index contributed by atoms with van der Waals surface area (Å²) in [6.45, 7) is 3.88. The fourth-order valence-corrected chi connectivity index (χ4v) is 5.47. The molecule has 0 N–H and O–H groups in total. The third kappa shape index (κ3) is 2.54. The van der Waals surface area contributed by atoms with Crippen LogP contribution in [0.15, 0.2) is 97.1 Å². The maximum absolute atomic E-state index is 13.4. The van der Waals surface area contributed by atoms with Gasteiger partial charge in [0.05, 0.1) is 11.1 Å². The van der Waals surface area contributed by atoms with Gasteiger partial charge in [0.1, 0.15) is 0 Å². The molecule has 2 aliphatic heterocycles. The first kappa shape index (κ1) is 20.4. The molecule has 34 heavy (non-hydrogen) atoms. The molecule has 0 saturated heterocycles. The van der Waals surface area contributed by atoms with E-state index in [2.05, 4.69) is 0 Å². The fourth-order valence-electron chi connectivity index (χ4n) is 5.47. The van der Waals surface area contributed by atoms with Crippen molar-refractivity contribution < 1.29 is 19.1 Å². The van der Waals surface area contributed by atoms with Crippen LogP contribution in [0.3, 0.4) is 0 Å². The van der Waals surface area contributed by atoms with Gasteiger partial charge in [-0.3, -0.25) is 0 Å². The average molecular weight is 447 g/mol. The zero-order chi connectivity index (χ0) is 23.5. The van der Waals surface area contributed by atoms with Crippen LogP contribution in [0.5, 0.6) is 0 Å². The van der Waals surface area contributed by atoms with Gasteiger partial charge in [0.25, 0.3) is 0 Å². The molecule has 2 unspecified atom stereocenters. The van der Waals surface area contributed by atoms with Crippen LogP contribution in [0.2, 0.25) is 0 Å². The summed E-state index contributed by atoms with van der Waals surface area (Å²) in [4.78, 5) is 26.8. The highest BCUT2D eigenvalue weighted by atomic mass is 16.6. The second-order valence-corrected chi connectivity index (χ2v) is 8.97. The van der Waals surface area contributed by atoms with E-state index in [1.165, 1.54) is 0 Å². The molecule has 0 amide bonds. The molecular weight excluding hydrogens is 424 g/mol. The third-order valence-electron chi connectivity index (χ3n) is 6.90. The molecule has 0 saturated carbocycles. The van der Waals surface area contributed by atoms with Crippen molar-refractivity contribution in [3.63, 3.8) is 0 Å². The van der Waals surface area contributed by atoms with E-state index in [0.29, 0.717) is 22.3 Å². The van der Waals surface area contributed by atoms with Gasteiger partial charge in [0.15, 0.2) is 0 Å². The van der Waals surface area contributed by atoms with E-state index < -0.39 is 23.1 Å². The summed E-state index contributed by atoms with van der Waals surface area (Å²) in [6.07, 6.45) is 0. The molecule has 4 heteroatoms. The lowest BCUT2D eigenvalue weighted by Gasteiger charge is -2.45. The van der Waals surface area contributed by atoms with Gasteiger partial charge in [-0.15, -0.1) is 0 Å². The summed E-state index contributed by atoms with van der Waals surface area (Å²) < 4.78 is 12.8. The number of aryl methyl sites for hydroxylation is 2. The summed E-state index contributed by atoms with van der Waals surface area (Å²) in [5.41, 5.74) is 2.87. The monoisotopic (exact) mass is 446 g/mol. The smallest absolute Gasteiger partial charge is 0.340 e. The largest absolute Gasteiger partial charge is 0.440 e. The summed E-state index contributed by atoms with van der Waals surface area (Å²) in [5.74, 6) is -0.871. The minimum Gasteiger partial charge on any atom is -0.440 e. The molecular formula is C30H22O4. The Morgan fingerprint density at radius 1 is 0.529 bits per heavy atom. The minimum absolute atomic E-state index is 0.436. The molecule has 0 fully saturated rings. The van der Waals surface area contributed by atoms with Crippen molar-refractivity contribution in [2.24, 2.45) is 0 Å².